The lowest BCUT2D eigenvalue weighted by molar-refractivity contribution is -0.382. The third kappa shape index (κ3) is 13.0. The molecular formula is C40H68N2O31. The first-order valence-electron chi connectivity index (χ1n) is 23.1. The Morgan fingerprint density at radius 1 is 0.356 bits per heavy atom. The van der Waals surface area contributed by atoms with Gasteiger partial charge in [-0.05, 0) is 0 Å². The maximum absolute atomic E-state index is 12.5. The SMILES string of the molecule is CC(=O)N[C@H]1[C@H](OC[C@H]2OC(O)[C@H](O)[C@@H](O[C@@H]3O[C@H](CO)[C@@H](O[C@@H]4O[C@H](CO)[C@H](O)[C@H](O[C@H]5O[C@H](CO)[C@H](O)[C@H](O)[C@H]5O)[C@H]4O)[C@H](O)[C@H]3NC(C)=O)[C@H]2O)O[C@H](CO)[C@@H](O[C@@H]2O[C@H](CO)[C@H](O)[C@H](O)[C@H]2O)[C@@H]1O. The summed E-state index contributed by atoms with van der Waals surface area (Å²) < 4.78 is 62.0. The minimum Gasteiger partial charge on any atom is -0.394 e. The first-order valence-corrected chi connectivity index (χ1v) is 23.1. The molecule has 33 nitrogen and oxygen atoms in total. The maximum atomic E-state index is 12.5. The van der Waals surface area contributed by atoms with Gasteiger partial charge in [-0.2, -0.15) is 0 Å². The van der Waals surface area contributed by atoms with E-state index in [4.69, 9.17) is 52.1 Å². The Hall–Kier alpha value is -2.22. The molecule has 73 heavy (non-hydrogen) atoms. The summed E-state index contributed by atoms with van der Waals surface area (Å²) in [7, 11) is 0. The van der Waals surface area contributed by atoms with Crippen LogP contribution in [0.1, 0.15) is 13.8 Å². The predicted octanol–water partition coefficient (Wildman–Crippen LogP) is -13.8. The van der Waals surface area contributed by atoms with Gasteiger partial charge in [0.15, 0.2) is 37.7 Å². The molecule has 0 saturated carbocycles. The summed E-state index contributed by atoms with van der Waals surface area (Å²) in [6.07, 6.45) is -52.2. The molecule has 6 rings (SSSR count). The molecule has 0 aromatic heterocycles. The molecule has 6 heterocycles. The van der Waals surface area contributed by atoms with Crippen molar-refractivity contribution in [2.45, 2.75) is 198 Å². The van der Waals surface area contributed by atoms with Gasteiger partial charge in [0, 0.05) is 13.8 Å². The summed E-state index contributed by atoms with van der Waals surface area (Å²) in [6, 6.07) is -3.37. The van der Waals surface area contributed by atoms with Gasteiger partial charge in [0.25, 0.3) is 0 Å². The van der Waals surface area contributed by atoms with Gasteiger partial charge in [-0.3, -0.25) is 9.59 Å². The van der Waals surface area contributed by atoms with E-state index in [0.29, 0.717) is 0 Å². The van der Waals surface area contributed by atoms with E-state index in [1.54, 1.807) is 0 Å². The van der Waals surface area contributed by atoms with Crippen molar-refractivity contribution < 1.29 is 154 Å². The van der Waals surface area contributed by atoms with E-state index >= 15 is 0 Å². The Kier molecular flexibility index (Phi) is 21.3. The molecule has 6 fully saturated rings. The van der Waals surface area contributed by atoms with Gasteiger partial charge in [-0.25, -0.2) is 0 Å². The zero-order valence-corrected chi connectivity index (χ0v) is 38.9. The highest BCUT2D eigenvalue weighted by molar-refractivity contribution is 5.73. The minimum absolute atomic E-state index is 0.769. The van der Waals surface area contributed by atoms with Crippen molar-refractivity contribution in [3.63, 3.8) is 0 Å². The Balaban J connectivity index is 1.15. The quantitative estimate of drug-likeness (QED) is 0.0606. The van der Waals surface area contributed by atoms with Crippen LogP contribution in [-0.4, -0.2) is 327 Å². The summed E-state index contributed by atoms with van der Waals surface area (Å²) in [5, 5.41) is 196. The number of carbonyl (C=O) groups excluding carboxylic acids is 2. The third-order valence-corrected chi connectivity index (χ3v) is 13.2. The molecule has 33 heteroatoms. The molecule has 6 aliphatic rings. The van der Waals surface area contributed by atoms with E-state index < -0.39 is 236 Å². The molecule has 2 amide bonds. The predicted molar refractivity (Wildman–Crippen MR) is 222 cm³/mol. The molecule has 1 unspecified atom stereocenters. The van der Waals surface area contributed by atoms with Gasteiger partial charge in [0.1, 0.15) is 146 Å². The second-order valence-corrected chi connectivity index (χ2v) is 18.3. The largest absolute Gasteiger partial charge is 0.394 e. The van der Waals surface area contributed by atoms with Crippen LogP contribution in [-0.2, 0) is 61.7 Å². The highest BCUT2D eigenvalue weighted by Gasteiger charge is 2.57. The van der Waals surface area contributed by atoms with Crippen LogP contribution in [0.25, 0.3) is 0 Å². The van der Waals surface area contributed by atoms with Crippen LogP contribution < -0.4 is 10.6 Å². The first kappa shape index (κ1) is 60.0. The lowest BCUT2D eigenvalue weighted by Crippen LogP contribution is -2.70. The zero-order chi connectivity index (χ0) is 53.9. The molecule has 20 N–H and O–H groups in total. The van der Waals surface area contributed by atoms with Crippen LogP contribution in [0.5, 0.6) is 0 Å². The molecule has 0 aromatic carbocycles. The molecule has 6 saturated heterocycles. The number of amides is 2. The van der Waals surface area contributed by atoms with Crippen molar-refractivity contribution in [3.8, 4) is 0 Å². The summed E-state index contributed by atoms with van der Waals surface area (Å²) >= 11 is 0. The van der Waals surface area contributed by atoms with Crippen molar-refractivity contribution in [2.75, 3.05) is 39.6 Å². The zero-order valence-electron chi connectivity index (χ0n) is 38.9. The molecule has 0 radical (unpaired) electrons. The van der Waals surface area contributed by atoms with E-state index in [1.165, 1.54) is 0 Å². The minimum atomic E-state index is -2.19. The number of ether oxygens (including phenoxy) is 11. The number of aliphatic hydroxyl groups is 18. The van der Waals surface area contributed by atoms with Crippen molar-refractivity contribution in [1.82, 2.24) is 10.6 Å². The van der Waals surface area contributed by atoms with E-state index in [9.17, 15) is 102 Å². The first-order chi connectivity index (χ1) is 34.5. The number of rotatable bonds is 18. The van der Waals surface area contributed by atoms with Gasteiger partial charge in [0.05, 0.1) is 39.6 Å². The number of carbonyl (C=O) groups is 2. The van der Waals surface area contributed by atoms with E-state index in [0.717, 1.165) is 13.8 Å². The van der Waals surface area contributed by atoms with Gasteiger partial charge in [-0.15, -0.1) is 0 Å². The highest BCUT2D eigenvalue weighted by Crippen LogP contribution is 2.36. The average Bonchev–Trinajstić information content (AvgIpc) is 3.35. The Bertz CT molecular complexity index is 1750. The monoisotopic (exact) mass is 1070 g/mol. The number of hydrogen-bond donors (Lipinski definition) is 20. The normalized spacial score (nSPS) is 49.8. The fraction of sp³-hybridized carbons (Fsp3) is 0.950. The van der Waals surface area contributed by atoms with Crippen molar-refractivity contribution in [1.29, 1.82) is 0 Å². The standard InChI is InChI=1S/C40H68N2O31/c1-9(48)41-17-23(54)31(70-38-27(58)25(56)19(50)11(3-43)65-38)14(6-46)68-36(17)63-8-16-22(53)33(29(60)35(62)64-16)72-37-18(42-10(2)49)24(55)32(15(7-47)69-37)71-40-30(61)34(21(52)13(5-45)67-40)73-39-28(59)26(57)20(51)12(4-44)66-39/h11-40,43-47,50-62H,3-8H2,1-2H3,(H,41,48)(H,42,49)/t11-,12-,13-,14-,15-,16-,17-,18-,19+,20+,21+,22+,23-,24-,25+,26+,27-,28-,29-,30-,31-,32-,33+,34+,35?,36-,37+,38+,39-,40+/m1/s1. The van der Waals surface area contributed by atoms with Gasteiger partial charge in [-0.1, -0.05) is 0 Å². The molecule has 6 aliphatic heterocycles. The highest BCUT2D eigenvalue weighted by atomic mass is 16.8. The molecule has 424 valence electrons. The molecule has 0 aliphatic carbocycles. The second kappa shape index (κ2) is 26.0. The maximum Gasteiger partial charge on any atom is 0.217 e. The van der Waals surface area contributed by atoms with Crippen LogP contribution in [0.4, 0.5) is 0 Å². The summed E-state index contributed by atoms with van der Waals surface area (Å²) in [4.78, 5) is 24.9. The Labute approximate surface area is 413 Å². The third-order valence-electron chi connectivity index (χ3n) is 13.2. The molecule has 0 bridgehead atoms. The topological polar surface area (TPSA) is 524 Å². The Morgan fingerprint density at radius 2 is 0.699 bits per heavy atom. The van der Waals surface area contributed by atoms with Gasteiger partial charge in [0.2, 0.25) is 11.8 Å². The number of nitrogens with one attached hydrogen (secondary N) is 2. The van der Waals surface area contributed by atoms with Crippen LogP contribution in [0.3, 0.4) is 0 Å². The lowest BCUT2D eigenvalue weighted by atomic mass is 9.94. The average molecular weight is 1070 g/mol. The summed E-state index contributed by atoms with van der Waals surface area (Å²) in [5.41, 5.74) is 0. The number of hydrogen-bond acceptors (Lipinski definition) is 31. The van der Waals surface area contributed by atoms with E-state index in [1.807, 2.05) is 0 Å². The van der Waals surface area contributed by atoms with Crippen LogP contribution in [0.2, 0.25) is 0 Å². The fourth-order valence-corrected chi connectivity index (χ4v) is 9.22. The molecule has 0 spiro atoms. The van der Waals surface area contributed by atoms with E-state index in [-0.39, 0.29) is 0 Å². The van der Waals surface area contributed by atoms with Crippen LogP contribution >= 0.6 is 0 Å². The molecular weight excluding hydrogens is 1000 g/mol. The molecule has 30 atom stereocenters. The fourth-order valence-electron chi connectivity index (χ4n) is 9.22. The van der Waals surface area contributed by atoms with Crippen LogP contribution in [0.15, 0.2) is 0 Å². The summed E-state index contributed by atoms with van der Waals surface area (Å²) in [6.45, 7) is -3.43. The molecule has 0 aromatic rings. The van der Waals surface area contributed by atoms with Crippen molar-refractivity contribution in [2.24, 2.45) is 0 Å². The van der Waals surface area contributed by atoms with Crippen LogP contribution in [0, 0.1) is 0 Å². The van der Waals surface area contributed by atoms with Gasteiger partial charge >= 0.3 is 0 Å². The second-order valence-electron chi connectivity index (χ2n) is 18.3. The number of aliphatic hydroxyl groups excluding tert-OH is 18. The van der Waals surface area contributed by atoms with E-state index in [2.05, 4.69) is 10.6 Å². The Morgan fingerprint density at radius 3 is 1.14 bits per heavy atom. The van der Waals surface area contributed by atoms with Gasteiger partial charge < -0.3 is 155 Å². The smallest absolute Gasteiger partial charge is 0.217 e. The summed E-state index contributed by atoms with van der Waals surface area (Å²) in [5.74, 6) is -1.62. The van der Waals surface area contributed by atoms with Crippen molar-refractivity contribution in [3.05, 3.63) is 0 Å². The lowest BCUT2D eigenvalue weighted by Gasteiger charge is -2.50. The van der Waals surface area contributed by atoms with Crippen molar-refractivity contribution >= 4 is 11.8 Å².